The number of hydrogen-bond acceptors (Lipinski definition) is 5. The van der Waals surface area contributed by atoms with Crippen molar-refractivity contribution >= 4 is 6.09 Å². The minimum Gasteiger partial charge on any atom is -0.421 e. The Labute approximate surface area is 139 Å². The van der Waals surface area contributed by atoms with Gasteiger partial charge in [-0.05, 0) is 30.7 Å². The Bertz CT molecular complexity index is 815. The summed E-state index contributed by atoms with van der Waals surface area (Å²) in [6.45, 7) is 2.33. The molecule has 1 amide bonds. The molecular weight excluding hydrogens is 306 g/mol. The fraction of sp³-hybridized carbons (Fsp3) is 0.167. The van der Waals surface area contributed by atoms with Gasteiger partial charge in [-0.1, -0.05) is 36.4 Å². The quantitative estimate of drug-likeness (QED) is 0.779. The second-order valence-corrected chi connectivity index (χ2v) is 5.20. The van der Waals surface area contributed by atoms with Crippen LogP contribution in [0.3, 0.4) is 0 Å². The van der Waals surface area contributed by atoms with E-state index in [0.717, 1.165) is 11.1 Å². The molecule has 0 radical (unpaired) electrons. The SMILES string of the molecule is Cc1ccccc1-c1nnc(CCNC(=O)Oc2ccccc2)o1. The lowest BCUT2D eigenvalue weighted by Crippen LogP contribution is -2.28. The number of nitrogens with one attached hydrogen (secondary N) is 1. The molecule has 0 bridgehead atoms. The van der Waals surface area contributed by atoms with Crippen molar-refractivity contribution in [1.82, 2.24) is 15.5 Å². The minimum atomic E-state index is -0.514. The second-order valence-electron chi connectivity index (χ2n) is 5.20. The fourth-order valence-corrected chi connectivity index (χ4v) is 2.18. The number of para-hydroxylation sites is 1. The van der Waals surface area contributed by atoms with Crippen molar-refractivity contribution in [1.29, 1.82) is 0 Å². The molecule has 2 aromatic carbocycles. The Balaban J connectivity index is 1.51. The van der Waals surface area contributed by atoms with Gasteiger partial charge in [-0.3, -0.25) is 0 Å². The summed E-state index contributed by atoms with van der Waals surface area (Å²) in [6.07, 6.45) is -0.0807. The van der Waals surface area contributed by atoms with Crippen molar-refractivity contribution < 1.29 is 13.9 Å². The largest absolute Gasteiger partial charge is 0.421 e. The molecule has 0 aliphatic heterocycles. The van der Waals surface area contributed by atoms with Crippen LogP contribution in [-0.2, 0) is 6.42 Å². The standard InChI is InChI=1S/C18H17N3O3/c1-13-7-5-6-10-15(13)17-21-20-16(24-17)11-12-19-18(22)23-14-8-3-2-4-9-14/h2-10H,11-12H2,1H3,(H,19,22). The Morgan fingerprint density at radius 1 is 1.08 bits per heavy atom. The van der Waals surface area contributed by atoms with E-state index in [9.17, 15) is 4.79 Å². The normalized spacial score (nSPS) is 10.4. The summed E-state index contributed by atoms with van der Waals surface area (Å²) in [4.78, 5) is 11.7. The third-order valence-electron chi connectivity index (χ3n) is 3.40. The van der Waals surface area contributed by atoms with Crippen LogP contribution in [0.5, 0.6) is 5.75 Å². The number of amides is 1. The smallest absolute Gasteiger partial charge is 0.412 e. The number of aromatic nitrogens is 2. The Morgan fingerprint density at radius 3 is 2.62 bits per heavy atom. The van der Waals surface area contributed by atoms with Crippen LogP contribution in [0.15, 0.2) is 59.0 Å². The average Bonchev–Trinajstić information content (AvgIpc) is 3.05. The van der Waals surface area contributed by atoms with Crippen molar-refractivity contribution in [3.05, 3.63) is 66.1 Å². The lowest BCUT2D eigenvalue weighted by Gasteiger charge is -2.04. The third kappa shape index (κ3) is 3.98. The number of aryl methyl sites for hydroxylation is 1. The highest BCUT2D eigenvalue weighted by molar-refractivity contribution is 5.70. The van der Waals surface area contributed by atoms with Gasteiger partial charge < -0.3 is 14.5 Å². The summed E-state index contributed by atoms with van der Waals surface area (Å²) in [5.41, 5.74) is 1.98. The van der Waals surface area contributed by atoms with Crippen LogP contribution < -0.4 is 10.1 Å². The molecule has 0 saturated carbocycles. The number of nitrogens with zero attached hydrogens (tertiary/aromatic N) is 2. The van der Waals surface area contributed by atoms with Gasteiger partial charge in [0.2, 0.25) is 11.8 Å². The molecule has 1 aromatic heterocycles. The van der Waals surface area contributed by atoms with Gasteiger partial charge >= 0.3 is 6.09 Å². The van der Waals surface area contributed by atoms with E-state index < -0.39 is 6.09 Å². The number of benzene rings is 2. The van der Waals surface area contributed by atoms with Gasteiger partial charge in [0.1, 0.15) is 5.75 Å². The van der Waals surface area contributed by atoms with E-state index in [1.165, 1.54) is 0 Å². The van der Waals surface area contributed by atoms with Crippen LogP contribution >= 0.6 is 0 Å². The van der Waals surface area contributed by atoms with Crippen molar-refractivity contribution in [3.63, 3.8) is 0 Å². The Hall–Kier alpha value is -3.15. The van der Waals surface area contributed by atoms with Gasteiger partial charge in [0.25, 0.3) is 0 Å². The van der Waals surface area contributed by atoms with Gasteiger partial charge in [-0.15, -0.1) is 10.2 Å². The zero-order valence-electron chi connectivity index (χ0n) is 13.2. The van der Waals surface area contributed by atoms with E-state index in [2.05, 4.69) is 15.5 Å². The zero-order valence-corrected chi connectivity index (χ0v) is 13.2. The highest BCUT2D eigenvalue weighted by Gasteiger charge is 2.11. The van der Waals surface area contributed by atoms with Gasteiger partial charge in [0.05, 0.1) is 0 Å². The molecule has 24 heavy (non-hydrogen) atoms. The second kappa shape index (κ2) is 7.41. The van der Waals surface area contributed by atoms with Crippen LogP contribution in [0.25, 0.3) is 11.5 Å². The van der Waals surface area contributed by atoms with Crippen molar-refractivity contribution in [2.75, 3.05) is 6.54 Å². The highest BCUT2D eigenvalue weighted by Crippen LogP contribution is 2.21. The van der Waals surface area contributed by atoms with Crippen LogP contribution in [0, 0.1) is 6.92 Å². The monoisotopic (exact) mass is 323 g/mol. The number of carbonyl (C=O) groups excluding carboxylic acids is 1. The van der Waals surface area contributed by atoms with E-state index in [1.807, 2.05) is 37.3 Å². The molecule has 0 fully saturated rings. The van der Waals surface area contributed by atoms with Crippen LogP contribution in [-0.4, -0.2) is 22.8 Å². The average molecular weight is 323 g/mol. The predicted molar refractivity (Wildman–Crippen MR) is 88.6 cm³/mol. The maximum atomic E-state index is 11.7. The molecule has 0 aliphatic carbocycles. The fourth-order valence-electron chi connectivity index (χ4n) is 2.18. The molecule has 0 saturated heterocycles. The molecule has 1 N–H and O–H groups in total. The first-order valence-electron chi connectivity index (χ1n) is 7.61. The summed E-state index contributed by atoms with van der Waals surface area (Å²) in [5.74, 6) is 1.44. The molecule has 3 rings (SSSR count). The summed E-state index contributed by atoms with van der Waals surface area (Å²) in [6, 6.07) is 16.7. The molecule has 6 heteroatoms. The predicted octanol–water partition coefficient (Wildman–Crippen LogP) is 3.38. The number of carbonyl (C=O) groups is 1. The van der Waals surface area contributed by atoms with Gasteiger partial charge in [0, 0.05) is 18.5 Å². The third-order valence-corrected chi connectivity index (χ3v) is 3.40. The maximum Gasteiger partial charge on any atom is 0.412 e. The highest BCUT2D eigenvalue weighted by atomic mass is 16.6. The molecular formula is C18H17N3O3. The molecule has 0 unspecified atom stereocenters. The van der Waals surface area contributed by atoms with Crippen LogP contribution in [0.4, 0.5) is 4.79 Å². The Kier molecular flexibility index (Phi) is 4.86. The molecule has 0 aliphatic rings. The Morgan fingerprint density at radius 2 is 1.83 bits per heavy atom. The van der Waals surface area contributed by atoms with Gasteiger partial charge in [-0.25, -0.2) is 4.79 Å². The van der Waals surface area contributed by atoms with E-state index in [4.69, 9.17) is 9.15 Å². The van der Waals surface area contributed by atoms with Crippen molar-refractivity contribution in [2.45, 2.75) is 13.3 Å². The van der Waals surface area contributed by atoms with E-state index in [1.54, 1.807) is 24.3 Å². The molecule has 0 atom stereocenters. The minimum absolute atomic E-state index is 0.348. The van der Waals surface area contributed by atoms with Gasteiger partial charge in [0.15, 0.2) is 0 Å². The first kappa shape index (κ1) is 15.7. The zero-order chi connectivity index (χ0) is 16.8. The first-order valence-corrected chi connectivity index (χ1v) is 7.61. The maximum absolute atomic E-state index is 11.7. The summed E-state index contributed by atoms with van der Waals surface area (Å²) in [7, 11) is 0. The summed E-state index contributed by atoms with van der Waals surface area (Å²) in [5, 5.41) is 10.7. The van der Waals surface area contributed by atoms with Crippen LogP contribution in [0.2, 0.25) is 0 Å². The molecule has 6 nitrogen and oxygen atoms in total. The lowest BCUT2D eigenvalue weighted by molar-refractivity contribution is 0.200. The molecule has 122 valence electrons. The number of ether oxygens (including phenoxy) is 1. The summed E-state index contributed by atoms with van der Waals surface area (Å²) < 4.78 is 10.8. The topological polar surface area (TPSA) is 77.2 Å². The van der Waals surface area contributed by atoms with Gasteiger partial charge in [-0.2, -0.15) is 0 Å². The summed E-state index contributed by atoms with van der Waals surface area (Å²) >= 11 is 0. The molecule has 3 aromatic rings. The van der Waals surface area contributed by atoms with Crippen molar-refractivity contribution in [2.24, 2.45) is 0 Å². The number of rotatable bonds is 5. The molecule has 1 heterocycles. The molecule has 0 spiro atoms. The number of hydrogen-bond donors (Lipinski definition) is 1. The van der Waals surface area contributed by atoms with E-state index in [0.29, 0.717) is 30.5 Å². The first-order chi connectivity index (χ1) is 11.7. The van der Waals surface area contributed by atoms with Crippen LogP contribution in [0.1, 0.15) is 11.5 Å². The van der Waals surface area contributed by atoms with E-state index in [-0.39, 0.29) is 0 Å². The van der Waals surface area contributed by atoms with Crippen molar-refractivity contribution in [3.8, 4) is 17.2 Å². The lowest BCUT2D eigenvalue weighted by atomic mass is 10.1. The van der Waals surface area contributed by atoms with E-state index >= 15 is 0 Å².